The molecule has 1 aromatic heterocycles. The first-order chi connectivity index (χ1) is 4.93. The zero-order valence-corrected chi connectivity index (χ0v) is 5.10. The molecule has 0 saturated carbocycles. The van der Waals surface area contributed by atoms with Gasteiger partial charge in [0.05, 0.1) is 6.20 Å². The minimum atomic E-state index is 0.152. The van der Waals surface area contributed by atoms with Gasteiger partial charge in [-0.25, -0.2) is 0 Å². The topological polar surface area (TPSA) is 65.0 Å². The first kappa shape index (κ1) is 6.60. The average molecular weight is 139 g/mol. The third-order valence-corrected chi connectivity index (χ3v) is 0.858. The van der Waals surface area contributed by atoms with Gasteiger partial charge in [0.1, 0.15) is 12.3 Å². The van der Waals surface area contributed by atoms with Crippen LogP contribution in [0.2, 0.25) is 0 Å². The summed E-state index contributed by atoms with van der Waals surface area (Å²) in [5.74, 6) is 0. The number of carbonyl (C=O) groups excluding carboxylic acids is 1. The van der Waals surface area contributed by atoms with Crippen LogP contribution < -0.4 is 0 Å². The number of carbonyl (C=O) groups is 1. The Labute approximate surface area is 57.0 Å². The van der Waals surface area contributed by atoms with Crippen LogP contribution in [0.25, 0.3) is 0 Å². The molecule has 5 nitrogen and oxygen atoms in total. The van der Waals surface area contributed by atoms with Gasteiger partial charge in [-0.2, -0.15) is 0 Å². The van der Waals surface area contributed by atoms with Crippen LogP contribution in [0.4, 0.5) is 0 Å². The zero-order valence-electron chi connectivity index (χ0n) is 5.10. The minimum Gasteiger partial charge on any atom is -0.461 e. The maximum absolute atomic E-state index is 9.69. The van der Waals surface area contributed by atoms with E-state index in [1.165, 1.54) is 6.20 Å². The van der Waals surface area contributed by atoms with Crippen LogP contribution in [0.3, 0.4) is 0 Å². The van der Waals surface area contributed by atoms with Gasteiger partial charge in [0.15, 0.2) is 0 Å². The fourth-order valence-electron chi connectivity index (χ4n) is 0.462. The van der Waals surface area contributed by atoms with Crippen molar-refractivity contribution in [3.63, 3.8) is 0 Å². The minimum absolute atomic E-state index is 0.152. The Kier molecular flexibility index (Phi) is 2.31. The molecule has 0 radical (unpaired) electrons. The van der Waals surface area contributed by atoms with Crippen LogP contribution in [0.15, 0.2) is 12.3 Å². The lowest BCUT2D eigenvalue weighted by molar-refractivity contribution is -0.129. The van der Waals surface area contributed by atoms with Crippen LogP contribution in [0.5, 0.6) is 0 Å². The molecule has 0 aliphatic heterocycles. The quantitative estimate of drug-likeness (QED) is 0.530. The molecule has 0 fully saturated rings. The summed E-state index contributed by atoms with van der Waals surface area (Å²) in [6, 6.07) is 1.62. The number of rotatable bonds is 3. The molecule has 52 valence electrons. The second-order valence-corrected chi connectivity index (χ2v) is 1.52. The van der Waals surface area contributed by atoms with E-state index in [1.807, 2.05) is 0 Å². The first-order valence-electron chi connectivity index (χ1n) is 2.62. The van der Waals surface area contributed by atoms with E-state index >= 15 is 0 Å². The second kappa shape index (κ2) is 3.49. The van der Waals surface area contributed by atoms with Crippen LogP contribution in [-0.4, -0.2) is 21.9 Å². The summed E-state index contributed by atoms with van der Waals surface area (Å²) in [4.78, 5) is 9.69. The molecule has 0 aromatic carbocycles. The lowest BCUT2D eigenvalue weighted by Crippen LogP contribution is -1.96. The van der Waals surface area contributed by atoms with Gasteiger partial charge in [-0.1, -0.05) is 0 Å². The average Bonchev–Trinajstić information content (AvgIpc) is 2.03. The number of aromatic nitrogens is 3. The standard InChI is InChI=1S/C5H5N3O2/c9-4-10-3-5-1-2-6-8-7-5/h1-2,4H,3H2. The van der Waals surface area contributed by atoms with Crippen molar-refractivity contribution in [2.24, 2.45) is 0 Å². The Morgan fingerprint density at radius 1 is 1.70 bits per heavy atom. The predicted molar refractivity (Wildman–Crippen MR) is 30.7 cm³/mol. The molecule has 0 N–H and O–H groups in total. The molecule has 0 spiro atoms. The van der Waals surface area contributed by atoms with E-state index in [1.54, 1.807) is 6.07 Å². The van der Waals surface area contributed by atoms with E-state index < -0.39 is 0 Å². The van der Waals surface area contributed by atoms with Crippen LogP contribution in [0, 0.1) is 0 Å². The van der Waals surface area contributed by atoms with Gasteiger partial charge in [-0.05, 0) is 11.3 Å². The summed E-state index contributed by atoms with van der Waals surface area (Å²) in [6.45, 7) is 0.515. The molecule has 0 saturated heterocycles. The number of hydrogen-bond donors (Lipinski definition) is 0. The van der Waals surface area contributed by atoms with Gasteiger partial charge in [-0.3, -0.25) is 4.79 Å². The molecular weight excluding hydrogens is 134 g/mol. The molecular formula is C5H5N3O2. The van der Waals surface area contributed by atoms with Gasteiger partial charge < -0.3 is 4.74 Å². The van der Waals surface area contributed by atoms with Crippen LogP contribution in [-0.2, 0) is 16.1 Å². The summed E-state index contributed by atoms with van der Waals surface area (Å²) in [5, 5.41) is 10.4. The molecule has 10 heavy (non-hydrogen) atoms. The summed E-state index contributed by atoms with van der Waals surface area (Å²) in [6.07, 6.45) is 1.48. The van der Waals surface area contributed by atoms with E-state index in [0.717, 1.165) is 0 Å². The predicted octanol–water partition coefficient (Wildman–Crippen LogP) is -0.455. The monoisotopic (exact) mass is 139 g/mol. The molecule has 1 aromatic rings. The van der Waals surface area contributed by atoms with Gasteiger partial charge in [0.2, 0.25) is 0 Å². The van der Waals surface area contributed by atoms with Gasteiger partial charge >= 0.3 is 0 Å². The van der Waals surface area contributed by atoms with Crippen molar-refractivity contribution < 1.29 is 9.53 Å². The Morgan fingerprint density at radius 3 is 3.20 bits per heavy atom. The molecule has 0 amide bonds. The molecule has 0 aliphatic carbocycles. The molecule has 1 rings (SSSR count). The molecule has 0 unspecified atom stereocenters. The smallest absolute Gasteiger partial charge is 0.293 e. The maximum atomic E-state index is 9.69. The van der Waals surface area contributed by atoms with Crippen LogP contribution in [0.1, 0.15) is 5.69 Å². The first-order valence-corrected chi connectivity index (χ1v) is 2.62. The van der Waals surface area contributed by atoms with Crippen molar-refractivity contribution >= 4 is 6.47 Å². The Hall–Kier alpha value is -1.52. The summed E-state index contributed by atoms with van der Waals surface area (Å²) < 4.78 is 4.41. The zero-order chi connectivity index (χ0) is 7.23. The van der Waals surface area contributed by atoms with Gasteiger partial charge in [0.25, 0.3) is 6.47 Å². The van der Waals surface area contributed by atoms with E-state index in [-0.39, 0.29) is 6.61 Å². The normalized spacial score (nSPS) is 8.80. The van der Waals surface area contributed by atoms with E-state index in [4.69, 9.17) is 0 Å². The van der Waals surface area contributed by atoms with Gasteiger partial charge in [-0.15, -0.1) is 10.2 Å². The van der Waals surface area contributed by atoms with Gasteiger partial charge in [0, 0.05) is 0 Å². The SMILES string of the molecule is O=COCc1ccnnn1. The molecule has 0 atom stereocenters. The molecule has 0 aliphatic rings. The van der Waals surface area contributed by atoms with E-state index in [9.17, 15) is 4.79 Å². The summed E-state index contributed by atoms with van der Waals surface area (Å²) >= 11 is 0. The van der Waals surface area contributed by atoms with Crippen molar-refractivity contribution in [1.29, 1.82) is 0 Å². The maximum Gasteiger partial charge on any atom is 0.293 e. The highest BCUT2D eigenvalue weighted by Crippen LogP contribution is 1.89. The van der Waals surface area contributed by atoms with Crippen molar-refractivity contribution in [2.45, 2.75) is 6.61 Å². The van der Waals surface area contributed by atoms with Crippen LogP contribution >= 0.6 is 0 Å². The van der Waals surface area contributed by atoms with E-state index in [2.05, 4.69) is 20.1 Å². The van der Waals surface area contributed by atoms with Crippen molar-refractivity contribution in [1.82, 2.24) is 15.4 Å². The highest BCUT2D eigenvalue weighted by Gasteiger charge is 1.91. The Morgan fingerprint density at radius 2 is 2.60 bits per heavy atom. The number of hydrogen-bond acceptors (Lipinski definition) is 5. The summed E-state index contributed by atoms with van der Waals surface area (Å²) in [7, 11) is 0. The largest absolute Gasteiger partial charge is 0.461 e. The molecule has 5 heteroatoms. The second-order valence-electron chi connectivity index (χ2n) is 1.52. The third-order valence-electron chi connectivity index (χ3n) is 0.858. The fraction of sp³-hybridized carbons (Fsp3) is 0.200. The third kappa shape index (κ3) is 1.77. The fourth-order valence-corrected chi connectivity index (χ4v) is 0.462. The lowest BCUT2D eigenvalue weighted by atomic mass is 10.4. The van der Waals surface area contributed by atoms with E-state index in [0.29, 0.717) is 12.2 Å². The lowest BCUT2D eigenvalue weighted by Gasteiger charge is -1.93. The van der Waals surface area contributed by atoms with Crippen molar-refractivity contribution in [2.75, 3.05) is 0 Å². The highest BCUT2D eigenvalue weighted by atomic mass is 16.5. The number of ether oxygens (including phenoxy) is 1. The molecule has 1 heterocycles. The summed E-state index contributed by atoms with van der Waals surface area (Å²) in [5.41, 5.74) is 0.585. The molecule has 0 bridgehead atoms. The Balaban J connectivity index is 2.50. The highest BCUT2D eigenvalue weighted by molar-refractivity contribution is 5.36. The van der Waals surface area contributed by atoms with Crippen molar-refractivity contribution in [3.05, 3.63) is 18.0 Å². The van der Waals surface area contributed by atoms with Crippen molar-refractivity contribution in [3.8, 4) is 0 Å². The Bertz CT molecular complexity index is 201. The number of nitrogens with zero attached hydrogens (tertiary/aromatic N) is 3.